The van der Waals surface area contributed by atoms with Gasteiger partial charge in [0.2, 0.25) is 0 Å². The summed E-state index contributed by atoms with van der Waals surface area (Å²) in [5.74, 6) is 0.782. The molecule has 5 nitrogen and oxygen atoms in total. The average Bonchev–Trinajstić information content (AvgIpc) is 3.42. The highest BCUT2D eigenvalue weighted by Gasteiger charge is 2.33. The molecule has 5 heteroatoms. The predicted octanol–water partition coefficient (Wildman–Crippen LogP) is 4.88. The normalized spacial score (nSPS) is 23.1. The molecule has 0 fully saturated rings. The molecule has 5 heterocycles. The molecule has 0 spiro atoms. The van der Waals surface area contributed by atoms with Gasteiger partial charge >= 0.3 is 0 Å². The Morgan fingerprint density at radius 2 is 1.36 bits per heavy atom. The molecule has 0 atom stereocenters. The van der Waals surface area contributed by atoms with Crippen molar-refractivity contribution in [2.75, 3.05) is 0 Å². The minimum atomic E-state index is -0.362. The molecule has 8 bridgehead atoms. The van der Waals surface area contributed by atoms with Crippen molar-refractivity contribution in [3.8, 4) is 0 Å². The number of nitrogens with one attached hydrogen (secondary N) is 2. The summed E-state index contributed by atoms with van der Waals surface area (Å²) in [5, 5.41) is 0. The molecule has 2 aromatic rings. The largest absolute Gasteiger partial charge is 0.358 e. The van der Waals surface area contributed by atoms with Crippen LogP contribution in [0.4, 0.5) is 0 Å². The van der Waals surface area contributed by atoms with Crippen LogP contribution in [0.1, 0.15) is 50.5 Å². The van der Waals surface area contributed by atoms with E-state index in [0.29, 0.717) is 0 Å². The number of rotatable bonds is 0. The molecule has 3 aliphatic rings. The fourth-order valence-electron chi connectivity index (χ4n) is 3.78. The van der Waals surface area contributed by atoms with Gasteiger partial charge in [0.05, 0.1) is 28.7 Å². The van der Waals surface area contributed by atoms with E-state index in [0.717, 1.165) is 45.7 Å². The molecule has 3 aliphatic heterocycles. The van der Waals surface area contributed by atoms with Crippen molar-refractivity contribution in [2.45, 2.75) is 33.1 Å². The molecule has 2 N–H and O–H groups in total. The molecule has 0 unspecified atom stereocenters. The van der Waals surface area contributed by atoms with E-state index >= 15 is 0 Å². The summed E-state index contributed by atoms with van der Waals surface area (Å²) in [6.07, 6.45) is 10.1. The van der Waals surface area contributed by atoms with Crippen LogP contribution in [0.15, 0.2) is 62.8 Å². The molecular formula is C23H23N5. The molecule has 5 rings (SSSR count). The fourth-order valence-corrected chi connectivity index (χ4v) is 3.78. The second-order valence-corrected chi connectivity index (χ2v) is 8.57. The molecule has 2 aromatic heterocycles. The van der Waals surface area contributed by atoms with Gasteiger partial charge in [0, 0.05) is 28.2 Å². The average molecular weight is 369 g/mol. The van der Waals surface area contributed by atoms with E-state index in [1.54, 1.807) is 0 Å². The maximum absolute atomic E-state index is 4.84. The van der Waals surface area contributed by atoms with Gasteiger partial charge in [-0.25, -0.2) is 9.98 Å². The number of amidine groups is 1. The zero-order valence-corrected chi connectivity index (χ0v) is 16.5. The molecular weight excluding hydrogens is 346 g/mol. The van der Waals surface area contributed by atoms with Crippen molar-refractivity contribution in [1.29, 1.82) is 0 Å². The lowest BCUT2D eigenvalue weighted by atomic mass is 9.86. The first kappa shape index (κ1) is 16.9. The fraction of sp³-hybridized carbons (Fsp3) is 0.261. The molecule has 0 aliphatic carbocycles. The minimum Gasteiger partial charge on any atom is -0.358 e. The first-order valence-corrected chi connectivity index (χ1v) is 9.55. The quantitative estimate of drug-likeness (QED) is 0.664. The van der Waals surface area contributed by atoms with E-state index in [-0.39, 0.29) is 10.8 Å². The first-order chi connectivity index (χ1) is 13.3. The molecule has 140 valence electrons. The smallest absolute Gasteiger partial charge is 0.140 e. The van der Waals surface area contributed by atoms with Crippen molar-refractivity contribution < 1.29 is 0 Å². The third-order valence-corrected chi connectivity index (χ3v) is 5.79. The number of hydrogen-bond acceptors (Lipinski definition) is 3. The third kappa shape index (κ3) is 2.58. The van der Waals surface area contributed by atoms with Crippen LogP contribution in [0.25, 0.3) is 12.2 Å². The van der Waals surface area contributed by atoms with Crippen molar-refractivity contribution in [3.05, 3.63) is 70.6 Å². The van der Waals surface area contributed by atoms with Gasteiger partial charge in [-0.1, -0.05) is 0 Å². The number of aromatic amines is 2. The Balaban J connectivity index is 1.70. The lowest BCUT2D eigenvalue weighted by Crippen LogP contribution is -2.29. The topological polar surface area (TPSA) is 68.7 Å². The number of aliphatic imine (C=N–C) groups is 3. The summed E-state index contributed by atoms with van der Waals surface area (Å²) in [7, 11) is 0. The number of allylic oxidation sites excluding steroid dienone is 3. The standard InChI is InChI=1S/C23H23N5/c1-22(2)18-8-5-14(25-18)11-15-7-10-20(27-15)23(3,4)21-24-13-17(28-21)12-16-6-9-19(22)26-16/h5-13,25-26H,1-4H3/b15-11?,17-12-. The van der Waals surface area contributed by atoms with Crippen molar-refractivity contribution in [1.82, 2.24) is 9.97 Å². The maximum Gasteiger partial charge on any atom is 0.140 e. The van der Waals surface area contributed by atoms with E-state index in [9.17, 15) is 0 Å². The lowest BCUT2D eigenvalue weighted by molar-refractivity contribution is 0.602. The van der Waals surface area contributed by atoms with E-state index in [2.05, 4.69) is 79.1 Å². The van der Waals surface area contributed by atoms with Gasteiger partial charge < -0.3 is 9.97 Å². The summed E-state index contributed by atoms with van der Waals surface area (Å²) < 4.78 is 0. The van der Waals surface area contributed by atoms with Gasteiger partial charge in [-0.05, 0) is 76.3 Å². The van der Waals surface area contributed by atoms with Gasteiger partial charge in [0.15, 0.2) is 0 Å². The molecule has 0 radical (unpaired) electrons. The monoisotopic (exact) mass is 369 g/mol. The van der Waals surface area contributed by atoms with Crippen LogP contribution in [0.5, 0.6) is 0 Å². The van der Waals surface area contributed by atoms with Gasteiger partial charge in [-0.3, -0.25) is 4.99 Å². The van der Waals surface area contributed by atoms with Crippen LogP contribution < -0.4 is 0 Å². The van der Waals surface area contributed by atoms with Crippen LogP contribution in [0.2, 0.25) is 0 Å². The number of hydrogen-bond donors (Lipinski definition) is 2. The van der Waals surface area contributed by atoms with Crippen molar-refractivity contribution in [2.24, 2.45) is 20.4 Å². The number of nitrogens with zero attached hydrogens (tertiary/aromatic N) is 3. The highest BCUT2D eigenvalue weighted by atomic mass is 15.0. The van der Waals surface area contributed by atoms with Gasteiger partial charge in [0.25, 0.3) is 0 Å². The highest BCUT2D eigenvalue weighted by Crippen LogP contribution is 2.33. The summed E-state index contributed by atoms with van der Waals surface area (Å²) in [4.78, 5) is 21.3. The van der Waals surface area contributed by atoms with Crippen LogP contribution in [-0.4, -0.2) is 27.7 Å². The SMILES string of the molecule is CC1(C)C2=NC(=Cc3ccc([nH]3)C(C)(C)c3ccc([nH]3)/C=C3/C=NC1=N3)C=C2. The zero-order valence-electron chi connectivity index (χ0n) is 16.5. The highest BCUT2D eigenvalue weighted by molar-refractivity contribution is 6.20. The Labute approximate surface area is 164 Å². The van der Waals surface area contributed by atoms with Crippen molar-refractivity contribution >= 4 is 29.9 Å². The Morgan fingerprint density at radius 3 is 2.04 bits per heavy atom. The predicted molar refractivity (Wildman–Crippen MR) is 116 cm³/mol. The first-order valence-electron chi connectivity index (χ1n) is 9.55. The Bertz CT molecular complexity index is 1070. The summed E-state index contributed by atoms with van der Waals surface area (Å²) in [5.41, 5.74) is 6.58. The molecule has 0 saturated carbocycles. The maximum atomic E-state index is 4.84. The third-order valence-electron chi connectivity index (χ3n) is 5.79. The molecule has 0 amide bonds. The van der Waals surface area contributed by atoms with Crippen LogP contribution >= 0.6 is 0 Å². The molecule has 28 heavy (non-hydrogen) atoms. The molecule has 0 aromatic carbocycles. The lowest BCUT2D eigenvalue weighted by Gasteiger charge is -2.22. The summed E-state index contributed by atoms with van der Waals surface area (Å²) in [6, 6.07) is 8.49. The Hall–Kier alpha value is -3.21. The van der Waals surface area contributed by atoms with Gasteiger partial charge in [0.1, 0.15) is 5.84 Å². The Kier molecular flexibility index (Phi) is 3.41. The number of fused-ring (bicyclic) bond motifs is 6. The Morgan fingerprint density at radius 1 is 0.714 bits per heavy atom. The van der Waals surface area contributed by atoms with Gasteiger partial charge in [-0.15, -0.1) is 0 Å². The summed E-state index contributed by atoms with van der Waals surface area (Å²) >= 11 is 0. The molecule has 0 saturated heterocycles. The van der Waals surface area contributed by atoms with Crippen LogP contribution in [0, 0.1) is 5.41 Å². The van der Waals surface area contributed by atoms with E-state index in [1.165, 1.54) is 0 Å². The van der Waals surface area contributed by atoms with Crippen LogP contribution in [0.3, 0.4) is 0 Å². The number of aromatic nitrogens is 2. The van der Waals surface area contributed by atoms with Crippen molar-refractivity contribution in [3.63, 3.8) is 0 Å². The minimum absolute atomic E-state index is 0.176. The summed E-state index contributed by atoms with van der Waals surface area (Å²) in [6.45, 7) is 8.65. The van der Waals surface area contributed by atoms with E-state index in [4.69, 9.17) is 9.98 Å². The second-order valence-electron chi connectivity index (χ2n) is 8.57. The zero-order chi connectivity index (χ0) is 19.5. The van der Waals surface area contributed by atoms with Crippen LogP contribution in [-0.2, 0) is 5.41 Å². The van der Waals surface area contributed by atoms with Gasteiger partial charge in [-0.2, -0.15) is 0 Å². The van der Waals surface area contributed by atoms with E-state index in [1.807, 2.05) is 18.4 Å². The number of H-pyrrole nitrogens is 2. The van der Waals surface area contributed by atoms with E-state index < -0.39 is 0 Å². The second kappa shape index (κ2) is 5.64.